The van der Waals surface area contributed by atoms with Crippen LogP contribution in [-0.2, 0) is 32.7 Å². The summed E-state index contributed by atoms with van der Waals surface area (Å²) >= 11 is 0. The number of carbonyl (C=O) groups is 1. The summed E-state index contributed by atoms with van der Waals surface area (Å²) in [5, 5.41) is 8.44. The van der Waals surface area contributed by atoms with Gasteiger partial charge in [-0.1, -0.05) is 5.21 Å². The van der Waals surface area contributed by atoms with E-state index in [0.29, 0.717) is 36.0 Å². The van der Waals surface area contributed by atoms with E-state index in [0.717, 1.165) is 50.8 Å². The average Bonchev–Trinajstić information content (AvgIpc) is 3.19. The van der Waals surface area contributed by atoms with Crippen LogP contribution >= 0.6 is 0 Å². The smallest absolute Gasteiger partial charge is 0.309 e. The van der Waals surface area contributed by atoms with Crippen molar-refractivity contribution >= 4 is 5.97 Å². The van der Waals surface area contributed by atoms with Crippen molar-refractivity contribution in [2.75, 3.05) is 6.61 Å². The van der Waals surface area contributed by atoms with Crippen LogP contribution in [0.3, 0.4) is 0 Å². The summed E-state index contributed by atoms with van der Waals surface area (Å²) in [6.45, 7) is 6.66. The molecular formula is C24H35N5O5. The van der Waals surface area contributed by atoms with E-state index in [9.17, 15) is 4.79 Å². The number of esters is 1. The Morgan fingerprint density at radius 1 is 1.24 bits per heavy atom. The summed E-state index contributed by atoms with van der Waals surface area (Å²) < 4.78 is 24.9. The molecule has 0 aromatic carbocycles. The Kier molecular flexibility index (Phi) is 8.10. The van der Waals surface area contributed by atoms with Crippen LogP contribution in [0.5, 0.6) is 5.88 Å². The molecule has 0 spiro atoms. The lowest BCUT2D eigenvalue weighted by Crippen LogP contribution is -2.32. The molecule has 2 aromatic rings. The van der Waals surface area contributed by atoms with Gasteiger partial charge in [-0.25, -0.2) is 14.6 Å². The summed E-state index contributed by atoms with van der Waals surface area (Å²) in [6, 6.07) is 0. The summed E-state index contributed by atoms with van der Waals surface area (Å²) in [6.07, 6.45) is 7.58. The van der Waals surface area contributed by atoms with E-state index in [1.165, 1.54) is 0 Å². The van der Waals surface area contributed by atoms with Crippen molar-refractivity contribution in [1.29, 1.82) is 0 Å². The van der Waals surface area contributed by atoms with Gasteiger partial charge in [-0.3, -0.25) is 4.79 Å². The zero-order chi connectivity index (χ0) is 24.1. The van der Waals surface area contributed by atoms with E-state index in [2.05, 4.69) is 20.3 Å². The molecule has 10 heteroatoms. The van der Waals surface area contributed by atoms with Crippen LogP contribution in [0.2, 0.25) is 0 Å². The van der Waals surface area contributed by atoms with E-state index in [1.807, 2.05) is 27.8 Å². The molecule has 1 saturated carbocycles. The van der Waals surface area contributed by atoms with Gasteiger partial charge in [0.2, 0.25) is 5.88 Å². The minimum Gasteiger partial charge on any atom is -0.473 e. The van der Waals surface area contributed by atoms with E-state index in [-0.39, 0.29) is 30.4 Å². The number of aromatic nitrogens is 5. The van der Waals surface area contributed by atoms with E-state index in [4.69, 9.17) is 18.9 Å². The van der Waals surface area contributed by atoms with Crippen molar-refractivity contribution in [2.24, 2.45) is 13.0 Å². The molecule has 0 amide bonds. The molecule has 34 heavy (non-hydrogen) atoms. The SMILES string of the molecule is Cc1nc(-c2nnn(C)c2COC2CCCCO2)cnc1OC1CCCC(C(=O)OC(C)C)C1. The molecule has 1 saturated heterocycles. The summed E-state index contributed by atoms with van der Waals surface area (Å²) in [7, 11) is 1.83. The quantitative estimate of drug-likeness (QED) is 0.532. The first-order valence-electron chi connectivity index (χ1n) is 12.2. The predicted octanol–water partition coefficient (Wildman–Crippen LogP) is 3.51. The number of ether oxygens (including phenoxy) is 4. The lowest BCUT2D eigenvalue weighted by atomic mass is 9.87. The molecule has 1 aliphatic carbocycles. The zero-order valence-electron chi connectivity index (χ0n) is 20.5. The maximum atomic E-state index is 12.3. The maximum Gasteiger partial charge on any atom is 0.309 e. The van der Waals surface area contributed by atoms with Gasteiger partial charge in [0.25, 0.3) is 0 Å². The number of nitrogens with zero attached hydrogens (tertiary/aromatic N) is 5. The molecule has 0 radical (unpaired) electrons. The number of rotatable bonds is 8. The lowest BCUT2D eigenvalue weighted by Gasteiger charge is -2.28. The largest absolute Gasteiger partial charge is 0.473 e. The van der Waals surface area contributed by atoms with Crippen molar-refractivity contribution in [3.63, 3.8) is 0 Å². The molecule has 1 aliphatic heterocycles. The molecular weight excluding hydrogens is 438 g/mol. The van der Waals surface area contributed by atoms with Crippen LogP contribution in [0.15, 0.2) is 6.20 Å². The van der Waals surface area contributed by atoms with E-state index >= 15 is 0 Å². The molecule has 2 aromatic heterocycles. The van der Waals surface area contributed by atoms with Crippen molar-refractivity contribution in [3.8, 4) is 17.3 Å². The highest BCUT2D eigenvalue weighted by molar-refractivity contribution is 5.72. The second-order valence-corrected chi connectivity index (χ2v) is 9.35. The first-order valence-corrected chi connectivity index (χ1v) is 12.2. The van der Waals surface area contributed by atoms with Crippen LogP contribution < -0.4 is 4.74 Å². The van der Waals surface area contributed by atoms with Crippen molar-refractivity contribution < 1.29 is 23.7 Å². The molecule has 0 N–H and O–H groups in total. The molecule has 0 bridgehead atoms. The van der Waals surface area contributed by atoms with Gasteiger partial charge < -0.3 is 18.9 Å². The standard InChI is InChI=1S/C24H35N5O5/c1-15(2)33-24(30)17-8-7-9-18(12-17)34-23-16(3)26-19(13-25-23)22-20(29(4)28-27-22)14-32-21-10-5-6-11-31-21/h13,15,17-18,21H,5-12,14H2,1-4H3. The number of carbonyl (C=O) groups excluding carboxylic acids is 1. The average molecular weight is 474 g/mol. The third kappa shape index (κ3) is 6.09. The fraction of sp³-hybridized carbons (Fsp3) is 0.708. The summed E-state index contributed by atoms with van der Waals surface area (Å²) in [5.74, 6) is 0.199. The second-order valence-electron chi connectivity index (χ2n) is 9.35. The predicted molar refractivity (Wildman–Crippen MR) is 123 cm³/mol. The first kappa shape index (κ1) is 24.5. The molecule has 2 aliphatic rings. The Hall–Kier alpha value is -2.59. The van der Waals surface area contributed by atoms with E-state index in [1.54, 1.807) is 10.9 Å². The fourth-order valence-electron chi connectivity index (χ4n) is 4.40. The summed E-state index contributed by atoms with van der Waals surface area (Å²) in [5.41, 5.74) is 2.73. The van der Waals surface area contributed by atoms with Crippen LogP contribution in [0.4, 0.5) is 0 Å². The number of hydrogen-bond donors (Lipinski definition) is 0. The Bertz CT molecular complexity index is 973. The minimum absolute atomic E-state index is 0.0896. The van der Waals surface area contributed by atoms with Crippen molar-refractivity contribution in [3.05, 3.63) is 17.6 Å². The van der Waals surface area contributed by atoms with Crippen LogP contribution in [0, 0.1) is 12.8 Å². The fourth-order valence-corrected chi connectivity index (χ4v) is 4.40. The Morgan fingerprint density at radius 2 is 2.09 bits per heavy atom. The minimum atomic E-state index is -0.197. The van der Waals surface area contributed by atoms with Gasteiger partial charge in [-0.2, -0.15) is 0 Å². The molecule has 4 rings (SSSR count). The van der Waals surface area contributed by atoms with Gasteiger partial charge in [0.1, 0.15) is 23.2 Å². The van der Waals surface area contributed by atoms with Crippen LogP contribution in [0.1, 0.15) is 70.2 Å². The van der Waals surface area contributed by atoms with Crippen molar-refractivity contribution in [1.82, 2.24) is 25.0 Å². The molecule has 2 fully saturated rings. The molecule has 10 nitrogen and oxygen atoms in total. The first-order chi connectivity index (χ1) is 16.4. The van der Waals surface area contributed by atoms with Gasteiger partial charge >= 0.3 is 5.97 Å². The Morgan fingerprint density at radius 3 is 2.82 bits per heavy atom. The second kappa shape index (κ2) is 11.2. The summed E-state index contributed by atoms with van der Waals surface area (Å²) in [4.78, 5) is 21.5. The van der Waals surface area contributed by atoms with Crippen LogP contribution in [0.25, 0.3) is 11.4 Å². The number of hydrogen-bond acceptors (Lipinski definition) is 9. The normalized spacial score (nSPS) is 23.1. The number of aryl methyl sites for hydroxylation is 2. The van der Waals surface area contributed by atoms with Gasteiger partial charge in [0, 0.05) is 13.7 Å². The Labute approximate surface area is 200 Å². The monoisotopic (exact) mass is 473 g/mol. The van der Waals surface area contributed by atoms with Gasteiger partial charge in [-0.15, -0.1) is 5.10 Å². The highest BCUT2D eigenvalue weighted by Gasteiger charge is 2.30. The van der Waals surface area contributed by atoms with Crippen molar-refractivity contribution in [2.45, 2.75) is 90.8 Å². The third-order valence-corrected chi connectivity index (χ3v) is 6.22. The van der Waals surface area contributed by atoms with Gasteiger partial charge in [-0.05, 0) is 65.7 Å². The maximum absolute atomic E-state index is 12.3. The van der Waals surface area contributed by atoms with Crippen LogP contribution in [-0.4, -0.2) is 56.0 Å². The third-order valence-electron chi connectivity index (χ3n) is 6.22. The van der Waals surface area contributed by atoms with Gasteiger partial charge in [0.15, 0.2) is 6.29 Å². The van der Waals surface area contributed by atoms with E-state index < -0.39 is 0 Å². The highest BCUT2D eigenvalue weighted by atomic mass is 16.7. The van der Waals surface area contributed by atoms with Gasteiger partial charge in [0.05, 0.1) is 30.5 Å². The Balaban J connectivity index is 1.41. The molecule has 186 valence electrons. The zero-order valence-corrected chi connectivity index (χ0v) is 20.5. The highest BCUT2D eigenvalue weighted by Crippen LogP contribution is 2.30. The molecule has 3 atom stereocenters. The molecule has 3 heterocycles. The topological polar surface area (TPSA) is 110 Å². The lowest BCUT2D eigenvalue weighted by molar-refractivity contribution is -0.169. The molecule has 3 unspecified atom stereocenters.